The van der Waals surface area contributed by atoms with E-state index in [9.17, 15) is 9.59 Å². The largest absolute Gasteiger partial charge is 0.480 e. The Hall–Kier alpha value is -1.40. The van der Waals surface area contributed by atoms with Crippen LogP contribution in [0, 0.1) is 0 Å². The molecule has 0 unspecified atom stereocenters. The van der Waals surface area contributed by atoms with Gasteiger partial charge in [-0.1, -0.05) is 28.1 Å². The Kier molecular flexibility index (Phi) is 4.55. The van der Waals surface area contributed by atoms with Gasteiger partial charge < -0.3 is 14.7 Å². The number of carboxylic acids is 1. The van der Waals surface area contributed by atoms with E-state index >= 15 is 0 Å². The van der Waals surface area contributed by atoms with Gasteiger partial charge in [0.1, 0.15) is 0 Å². The molecule has 1 atom stereocenters. The van der Waals surface area contributed by atoms with Crippen LogP contribution in [-0.4, -0.2) is 47.7 Å². The molecule has 0 radical (unpaired) electrons. The second-order valence-corrected chi connectivity index (χ2v) is 5.24. The molecule has 0 spiro atoms. The third-order valence-electron chi connectivity index (χ3n) is 2.98. The molecule has 0 saturated carbocycles. The minimum absolute atomic E-state index is 0.0551. The van der Waals surface area contributed by atoms with Crippen LogP contribution >= 0.6 is 15.9 Å². The minimum atomic E-state index is -1.03. The SMILES string of the molecule is O=C(O)[C@@H]1COCCN1C(=O)Cc1cccc(Br)c1. The zero-order chi connectivity index (χ0) is 13.8. The van der Waals surface area contributed by atoms with Gasteiger partial charge in [0.15, 0.2) is 6.04 Å². The molecule has 2 rings (SSSR count). The Morgan fingerprint density at radius 2 is 2.26 bits per heavy atom. The van der Waals surface area contributed by atoms with E-state index in [0.29, 0.717) is 13.2 Å². The molecule has 0 aliphatic carbocycles. The second kappa shape index (κ2) is 6.16. The number of benzene rings is 1. The molecule has 1 aromatic rings. The van der Waals surface area contributed by atoms with Crippen molar-refractivity contribution < 1.29 is 19.4 Å². The molecule has 1 N–H and O–H groups in total. The molecule has 1 aliphatic heterocycles. The highest BCUT2D eigenvalue weighted by atomic mass is 79.9. The van der Waals surface area contributed by atoms with Gasteiger partial charge in [0.25, 0.3) is 0 Å². The van der Waals surface area contributed by atoms with Crippen LogP contribution in [0.4, 0.5) is 0 Å². The molecule has 0 aromatic heterocycles. The van der Waals surface area contributed by atoms with Crippen molar-refractivity contribution in [3.8, 4) is 0 Å². The number of hydrogen-bond donors (Lipinski definition) is 1. The molecule has 1 fully saturated rings. The molecule has 1 aromatic carbocycles. The Bertz CT molecular complexity index is 491. The summed E-state index contributed by atoms with van der Waals surface area (Å²) >= 11 is 3.34. The van der Waals surface area contributed by atoms with Gasteiger partial charge in [-0.25, -0.2) is 4.79 Å². The molecule has 19 heavy (non-hydrogen) atoms. The van der Waals surface area contributed by atoms with Crippen LogP contribution in [0.3, 0.4) is 0 Å². The summed E-state index contributed by atoms with van der Waals surface area (Å²) in [5, 5.41) is 9.09. The number of carbonyl (C=O) groups is 2. The third kappa shape index (κ3) is 3.54. The van der Waals surface area contributed by atoms with E-state index in [4.69, 9.17) is 9.84 Å². The quantitative estimate of drug-likeness (QED) is 0.908. The highest BCUT2D eigenvalue weighted by molar-refractivity contribution is 9.10. The van der Waals surface area contributed by atoms with Crippen LogP contribution in [0.5, 0.6) is 0 Å². The minimum Gasteiger partial charge on any atom is -0.480 e. The first-order valence-corrected chi connectivity index (χ1v) is 6.71. The van der Waals surface area contributed by atoms with E-state index in [-0.39, 0.29) is 18.9 Å². The maximum Gasteiger partial charge on any atom is 0.328 e. The molecule has 1 amide bonds. The first-order chi connectivity index (χ1) is 9.08. The van der Waals surface area contributed by atoms with Gasteiger partial charge in [-0.15, -0.1) is 0 Å². The van der Waals surface area contributed by atoms with Crippen molar-refractivity contribution in [2.45, 2.75) is 12.5 Å². The van der Waals surface area contributed by atoms with E-state index < -0.39 is 12.0 Å². The fraction of sp³-hybridized carbons (Fsp3) is 0.385. The second-order valence-electron chi connectivity index (χ2n) is 4.32. The standard InChI is InChI=1S/C13H14BrNO4/c14-10-3-1-2-9(6-10)7-12(16)15-4-5-19-8-11(15)13(17)18/h1-3,6,11H,4-5,7-8H2,(H,17,18)/t11-/m0/s1. The summed E-state index contributed by atoms with van der Waals surface area (Å²) in [5.74, 6) is -1.21. The lowest BCUT2D eigenvalue weighted by Gasteiger charge is -2.32. The topological polar surface area (TPSA) is 66.8 Å². The molecular formula is C13H14BrNO4. The maximum atomic E-state index is 12.2. The van der Waals surface area contributed by atoms with Gasteiger partial charge >= 0.3 is 5.97 Å². The van der Waals surface area contributed by atoms with Crippen LogP contribution in [0.2, 0.25) is 0 Å². The summed E-state index contributed by atoms with van der Waals surface area (Å²) in [5.41, 5.74) is 0.856. The number of carbonyl (C=O) groups excluding carboxylic acids is 1. The van der Waals surface area contributed by atoms with Gasteiger partial charge in [-0.2, -0.15) is 0 Å². The monoisotopic (exact) mass is 327 g/mol. The molecule has 6 heteroatoms. The Labute approximate surface area is 119 Å². The number of nitrogens with zero attached hydrogens (tertiary/aromatic N) is 1. The smallest absolute Gasteiger partial charge is 0.328 e. The number of rotatable bonds is 3. The molecular weight excluding hydrogens is 314 g/mol. The number of halogens is 1. The number of amides is 1. The van der Waals surface area contributed by atoms with E-state index in [1.807, 2.05) is 24.3 Å². The molecule has 1 aliphatic rings. The third-order valence-corrected chi connectivity index (χ3v) is 3.47. The van der Waals surface area contributed by atoms with E-state index in [0.717, 1.165) is 10.0 Å². The number of morpholine rings is 1. The predicted octanol–water partition coefficient (Wildman–Crippen LogP) is 1.30. The van der Waals surface area contributed by atoms with Gasteiger partial charge in [-0.3, -0.25) is 4.79 Å². The van der Waals surface area contributed by atoms with Crippen molar-refractivity contribution in [3.05, 3.63) is 34.3 Å². The van der Waals surface area contributed by atoms with Crippen molar-refractivity contribution in [1.82, 2.24) is 4.90 Å². The normalized spacial score (nSPS) is 19.2. The first kappa shape index (κ1) is 14.0. The summed E-state index contributed by atoms with van der Waals surface area (Å²) in [4.78, 5) is 24.7. The van der Waals surface area contributed by atoms with Crippen molar-refractivity contribution in [2.24, 2.45) is 0 Å². The predicted molar refractivity (Wildman–Crippen MR) is 71.8 cm³/mol. The average Bonchev–Trinajstić information content (AvgIpc) is 2.38. The summed E-state index contributed by atoms with van der Waals surface area (Å²) in [6.07, 6.45) is 0.198. The van der Waals surface area contributed by atoms with Crippen molar-refractivity contribution >= 4 is 27.8 Å². The van der Waals surface area contributed by atoms with Crippen LogP contribution in [-0.2, 0) is 20.7 Å². The summed E-state index contributed by atoms with van der Waals surface area (Å²) < 4.78 is 6.01. The number of aliphatic carboxylic acids is 1. The number of ether oxygens (including phenoxy) is 1. The van der Waals surface area contributed by atoms with Crippen molar-refractivity contribution in [3.63, 3.8) is 0 Å². The molecule has 5 nitrogen and oxygen atoms in total. The van der Waals surface area contributed by atoms with Gasteiger partial charge in [0.05, 0.1) is 19.6 Å². The van der Waals surface area contributed by atoms with E-state index in [1.54, 1.807) is 0 Å². The van der Waals surface area contributed by atoms with Gasteiger partial charge in [0.2, 0.25) is 5.91 Å². The fourth-order valence-electron chi connectivity index (χ4n) is 2.03. The van der Waals surface area contributed by atoms with Crippen LogP contribution in [0.1, 0.15) is 5.56 Å². The molecule has 0 bridgehead atoms. The number of carboxylic acid groups (broad SMARTS) is 1. The van der Waals surface area contributed by atoms with E-state index in [1.165, 1.54) is 4.90 Å². The molecule has 1 heterocycles. The van der Waals surface area contributed by atoms with Crippen molar-refractivity contribution in [1.29, 1.82) is 0 Å². The highest BCUT2D eigenvalue weighted by Crippen LogP contribution is 2.15. The first-order valence-electron chi connectivity index (χ1n) is 5.92. The molecule has 1 saturated heterocycles. The van der Waals surface area contributed by atoms with Crippen LogP contribution in [0.25, 0.3) is 0 Å². The molecule has 102 valence electrons. The zero-order valence-electron chi connectivity index (χ0n) is 10.2. The van der Waals surface area contributed by atoms with Gasteiger partial charge in [-0.05, 0) is 17.7 Å². The lowest BCUT2D eigenvalue weighted by atomic mass is 10.1. The maximum absolute atomic E-state index is 12.2. The Morgan fingerprint density at radius 1 is 1.47 bits per heavy atom. The Morgan fingerprint density at radius 3 is 2.95 bits per heavy atom. The summed E-state index contributed by atoms with van der Waals surface area (Å²) in [6.45, 7) is 0.761. The summed E-state index contributed by atoms with van der Waals surface area (Å²) in [7, 11) is 0. The van der Waals surface area contributed by atoms with Crippen LogP contribution < -0.4 is 0 Å². The number of hydrogen-bond acceptors (Lipinski definition) is 3. The van der Waals surface area contributed by atoms with Gasteiger partial charge in [0, 0.05) is 11.0 Å². The lowest BCUT2D eigenvalue weighted by molar-refractivity contribution is -0.158. The van der Waals surface area contributed by atoms with Crippen LogP contribution in [0.15, 0.2) is 28.7 Å². The van der Waals surface area contributed by atoms with E-state index in [2.05, 4.69) is 15.9 Å². The highest BCUT2D eigenvalue weighted by Gasteiger charge is 2.32. The lowest BCUT2D eigenvalue weighted by Crippen LogP contribution is -2.53. The zero-order valence-corrected chi connectivity index (χ0v) is 11.8. The summed E-state index contributed by atoms with van der Waals surface area (Å²) in [6, 6.07) is 6.55. The fourth-order valence-corrected chi connectivity index (χ4v) is 2.48. The van der Waals surface area contributed by atoms with Crippen molar-refractivity contribution in [2.75, 3.05) is 19.8 Å². The Balaban J connectivity index is 2.07. The average molecular weight is 328 g/mol.